The van der Waals surface area contributed by atoms with Crippen LogP contribution in [0.2, 0.25) is 0 Å². The van der Waals surface area contributed by atoms with Crippen LogP contribution in [-0.2, 0) is 4.74 Å². The molecule has 0 unspecified atom stereocenters. The zero-order chi connectivity index (χ0) is 10.3. The summed E-state index contributed by atoms with van der Waals surface area (Å²) < 4.78 is 4.41. The van der Waals surface area contributed by atoms with E-state index in [4.69, 9.17) is 12.2 Å². The number of hydrogen-bond donors (Lipinski definition) is 1. The van der Waals surface area contributed by atoms with Gasteiger partial charge >= 0.3 is 6.09 Å². The molecule has 0 bridgehead atoms. The van der Waals surface area contributed by atoms with Crippen molar-refractivity contribution in [2.45, 2.75) is 19.8 Å². The maximum atomic E-state index is 10.8. The lowest BCUT2D eigenvalue weighted by atomic mass is 10.3. The maximum Gasteiger partial charge on any atom is 0.413 e. The van der Waals surface area contributed by atoms with Crippen LogP contribution in [0.5, 0.6) is 0 Å². The Hall–Kier alpha value is -0.840. The molecule has 4 nitrogen and oxygen atoms in total. The molecule has 0 aliphatic heterocycles. The van der Waals surface area contributed by atoms with Crippen LogP contribution in [0.15, 0.2) is 0 Å². The molecule has 0 aliphatic carbocycles. The number of carbonyl (C=O) groups excluding carboxylic acids is 1. The van der Waals surface area contributed by atoms with Gasteiger partial charge in [-0.25, -0.2) is 4.79 Å². The topological polar surface area (TPSA) is 41.6 Å². The summed E-state index contributed by atoms with van der Waals surface area (Å²) in [5.74, 6) is 0. The monoisotopic (exact) mass is 204 g/mol. The summed E-state index contributed by atoms with van der Waals surface area (Å²) in [5.41, 5.74) is 0. The normalized spacial score (nSPS) is 9.15. The van der Waals surface area contributed by atoms with Crippen molar-refractivity contribution >= 4 is 23.4 Å². The van der Waals surface area contributed by atoms with E-state index in [1.54, 1.807) is 0 Å². The fourth-order valence-corrected chi connectivity index (χ4v) is 0.905. The lowest BCUT2D eigenvalue weighted by molar-refractivity contribution is 0.176. The lowest BCUT2D eigenvalue weighted by Crippen LogP contribution is -2.40. The summed E-state index contributed by atoms with van der Waals surface area (Å²) in [5, 5.41) is 2.84. The second kappa shape index (κ2) is 6.65. The van der Waals surface area contributed by atoms with Crippen molar-refractivity contribution in [3.63, 3.8) is 0 Å². The van der Waals surface area contributed by atoms with Crippen LogP contribution in [0.1, 0.15) is 19.8 Å². The molecule has 1 N–H and O–H groups in total. The molecule has 0 aliphatic rings. The van der Waals surface area contributed by atoms with Crippen LogP contribution in [0.25, 0.3) is 0 Å². The van der Waals surface area contributed by atoms with Crippen molar-refractivity contribution in [2.75, 3.05) is 20.7 Å². The SMILES string of the molecule is CCCCN(C)C(=S)NC(=O)OC. The number of thiocarbonyl (C=S) groups is 1. The fourth-order valence-electron chi connectivity index (χ4n) is 0.731. The summed E-state index contributed by atoms with van der Waals surface area (Å²) in [7, 11) is 3.15. The number of carbonyl (C=O) groups is 1. The van der Waals surface area contributed by atoms with Crippen molar-refractivity contribution in [1.82, 2.24) is 10.2 Å². The molecule has 76 valence electrons. The Balaban J connectivity index is 3.75. The Morgan fingerprint density at radius 1 is 1.62 bits per heavy atom. The van der Waals surface area contributed by atoms with Crippen LogP contribution < -0.4 is 5.32 Å². The third kappa shape index (κ3) is 5.41. The molecule has 0 radical (unpaired) electrons. The molecule has 0 aromatic rings. The van der Waals surface area contributed by atoms with E-state index in [1.165, 1.54) is 7.11 Å². The number of methoxy groups -OCH3 is 1. The number of unbranched alkanes of at least 4 members (excludes halogenated alkanes) is 1. The van der Waals surface area contributed by atoms with Crippen LogP contribution in [0.4, 0.5) is 4.79 Å². The van der Waals surface area contributed by atoms with E-state index in [-0.39, 0.29) is 0 Å². The minimum atomic E-state index is -0.520. The molecule has 1 amide bonds. The Bertz CT molecular complexity index is 185. The number of rotatable bonds is 3. The van der Waals surface area contributed by atoms with Gasteiger partial charge < -0.3 is 9.64 Å². The van der Waals surface area contributed by atoms with Crippen molar-refractivity contribution in [3.8, 4) is 0 Å². The number of nitrogens with one attached hydrogen (secondary N) is 1. The van der Waals surface area contributed by atoms with Gasteiger partial charge in [0.2, 0.25) is 0 Å². The maximum absolute atomic E-state index is 10.8. The predicted molar refractivity (Wildman–Crippen MR) is 55.7 cm³/mol. The molecular formula is C8H16N2O2S. The number of hydrogen-bond acceptors (Lipinski definition) is 3. The second-order valence-corrected chi connectivity index (χ2v) is 3.08. The van der Waals surface area contributed by atoms with Crippen molar-refractivity contribution in [1.29, 1.82) is 0 Å². The number of nitrogens with zero attached hydrogens (tertiary/aromatic N) is 1. The molecule has 0 aromatic carbocycles. The van der Waals surface area contributed by atoms with Crippen molar-refractivity contribution < 1.29 is 9.53 Å². The second-order valence-electron chi connectivity index (χ2n) is 2.70. The number of alkyl carbamates (subject to hydrolysis) is 1. The first-order chi connectivity index (χ1) is 6.11. The third-order valence-corrected chi connectivity index (χ3v) is 2.00. The standard InChI is InChI=1S/C8H16N2O2S/c1-4-5-6-10(2)7(13)9-8(11)12-3/h4-6H2,1-3H3,(H,9,11,13). The summed E-state index contributed by atoms with van der Waals surface area (Å²) >= 11 is 4.95. The fraction of sp³-hybridized carbons (Fsp3) is 0.750. The minimum Gasteiger partial charge on any atom is -0.453 e. The van der Waals surface area contributed by atoms with Crippen LogP contribution in [0.3, 0.4) is 0 Å². The largest absolute Gasteiger partial charge is 0.453 e. The van der Waals surface area contributed by atoms with E-state index in [2.05, 4.69) is 17.0 Å². The summed E-state index contributed by atoms with van der Waals surface area (Å²) in [6, 6.07) is 0. The molecule has 0 saturated heterocycles. The Morgan fingerprint density at radius 2 is 2.23 bits per heavy atom. The first-order valence-corrected chi connectivity index (χ1v) is 4.62. The van der Waals surface area contributed by atoms with Gasteiger partial charge in [-0.2, -0.15) is 0 Å². The molecule has 0 spiro atoms. The molecule has 0 aromatic heterocycles. The molecule has 13 heavy (non-hydrogen) atoms. The van der Waals surface area contributed by atoms with Gasteiger partial charge in [-0.15, -0.1) is 0 Å². The highest BCUT2D eigenvalue weighted by Crippen LogP contribution is 1.92. The zero-order valence-electron chi connectivity index (χ0n) is 8.29. The van der Waals surface area contributed by atoms with Crippen molar-refractivity contribution in [2.24, 2.45) is 0 Å². The molecule has 0 saturated carbocycles. The Kier molecular flexibility index (Phi) is 6.22. The predicted octanol–water partition coefficient (Wildman–Crippen LogP) is 1.36. The van der Waals surface area contributed by atoms with Gasteiger partial charge in [0.25, 0.3) is 0 Å². The van der Waals surface area contributed by atoms with E-state index >= 15 is 0 Å². The zero-order valence-corrected chi connectivity index (χ0v) is 9.11. The minimum absolute atomic E-state index is 0.403. The quantitative estimate of drug-likeness (QED) is 0.705. The number of amides is 1. The van der Waals surface area contributed by atoms with Crippen LogP contribution >= 0.6 is 12.2 Å². The third-order valence-electron chi connectivity index (χ3n) is 1.59. The smallest absolute Gasteiger partial charge is 0.413 e. The first-order valence-electron chi connectivity index (χ1n) is 4.21. The van der Waals surface area contributed by atoms with E-state index in [1.807, 2.05) is 11.9 Å². The molecule has 0 fully saturated rings. The molecule has 5 heteroatoms. The Morgan fingerprint density at radius 3 is 2.69 bits per heavy atom. The highest BCUT2D eigenvalue weighted by atomic mass is 32.1. The van der Waals surface area contributed by atoms with Gasteiger partial charge in [-0.3, -0.25) is 5.32 Å². The molecule has 0 rings (SSSR count). The first kappa shape index (κ1) is 12.2. The highest BCUT2D eigenvalue weighted by Gasteiger charge is 2.07. The summed E-state index contributed by atoms with van der Waals surface area (Å²) in [6.45, 7) is 2.95. The van der Waals surface area contributed by atoms with Crippen LogP contribution in [-0.4, -0.2) is 36.8 Å². The van der Waals surface area contributed by atoms with Gasteiger partial charge in [0.05, 0.1) is 7.11 Å². The van der Waals surface area contributed by atoms with Gasteiger partial charge in [0.1, 0.15) is 0 Å². The van der Waals surface area contributed by atoms with E-state index in [9.17, 15) is 4.79 Å². The van der Waals surface area contributed by atoms with E-state index < -0.39 is 6.09 Å². The molecule has 0 heterocycles. The lowest BCUT2D eigenvalue weighted by Gasteiger charge is -2.19. The van der Waals surface area contributed by atoms with Crippen LogP contribution in [0, 0.1) is 0 Å². The summed E-state index contributed by atoms with van der Waals surface area (Å²) in [6.07, 6.45) is 1.64. The average molecular weight is 204 g/mol. The van der Waals surface area contributed by atoms with Gasteiger partial charge in [-0.1, -0.05) is 13.3 Å². The molecule has 0 atom stereocenters. The van der Waals surface area contributed by atoms with Gasteiger partial charge in [0.15, 0.2) is 5.11 Å². The Labute approximate surface area is 84.2 Å². The highest BCUT2D eigenvalue weighted by molar-refractivity contribution is 7.80. The van der Waals surface area contributed by atoms with Gasteiger partial charge in [-0.05, 0) is 18.6 Å². The van der Waals surface area contributed by atoms with E-state index in [0.29, 0.717) is 5.11 Å². The summed E-state index contributed by atoms with van der Waals surface area (Å²) in [4.78, 5) is 12.6. The van der Waals surface area contributed by atoms with E-state index in [0.717, 1.165) is 19.4 Å². The number of ether oxygens (including phenoxy) is 1. The average Bonchev–Trinajstić information content (AvgIpc) is 2.13. The molecular weight excluding hydrogens is 188 g/mol. The van der Waals surface area contributed by atoms with Crippen molar-refractivity contribution in [3.05, 3.63) is 0 Å². The van der Waals surface area contributed by atoms with Gasteiger partial charge in [0, 0.05) is 13.6 Å².